The van der Waals surface area contributed by atoms with E-state index in [1.165, 1.54) is 25.3 Å². The van der Waals surface area contributed by atoms with Crippen LogP contribution in [0, 0.1) is 0 Å². The van der Waals surface area contributed by atoms with Gasteiger partial charge < -0.3 is 20.1 Å². The minimum atomic E-state index is -4.13. The number of hydrogen-bond donors (Lipinski definition) is 4. The number of benzene rings is 1. The summed E-state index contributed by atoms with van der Waals surface area (Å²) in [4.78, 5) is -0.218. The Labute approximate surface area is 121 Å². The normalized spacial score (nSPS) is 12.4. The maximum atomic E-state index is 12.2. The molecule has 0 radical (unpaired) electrons. The molecule has 0 amide bonds. The van der Waals surface area contributed by atoms with Crippen molar-refractivity contribution in [3.05, 3.63) is 23.2 Å². The lowest BCUT2D eigenvalue weighted by atomic mass is 10.1. The van der Waals surface area contributed by atoms with Gasteiger partial charge >= 0.3 is 0 Å². The average Bonchev–Trinajstić information content (AvgIpc) is 2.44. The SMILES string of the molecule is COc1cc(Cl)ccc1S(=O)(=O)NC(CO)(CO)CO. The summed E-state index contributed by atoms with van der Waals surface area (Å²) in [6.07, 6.45) is 0. The topological polar surface area (TPSA) is 116 Å². The van der Waals surface area contributed by atoms with Crippen molar-refractivity contribution in [1.82, 2.24) is 4.72 Å². The molecule has 0 aromatic heterocycles. The predicted molar refractivity (Wildman–Crippen MR) is 72.3 cm³/mol. The monoisotopic (exact) mass is 325 g/mol. The number of aliphatic hydroxyl groups excluding tert-OH is 3. The molecule has 0 aliphatic carbocycles. The molecule has 9 heteroatoms. The first-order chi connectivity index (χ1) is 9.34. The summed E-state index contributed by atoms with van der Waals surface area (Å²) >= 11 is 5.75. The smallest absolute Gasteiger partial charge is 0.245 e. The van der Waals surface area contributed by atoms with Crippen molar-refractivity contribution in [2.75, 3.05) is 26.9 Å². The molecule has 1 aromatic rings. The second-order valence-corrected chi connectivity index (χ2v) is 6.24. The van der Waals surface area contributed by atoms with Crippen LogP contribution in [0.2, 0.25) is 5.02 Å². The van der Waals surface area contributed by atoms with Crippen LogP contribution in [0.4, 0.5) is 0 Å². The van der Waals surface area contributed by atoms with E-state index in [9.17, 15) is 8.42 Å². The molecular weight excluding hydrogens is 310 g/mol. The van der Waals surface area contributed by atoms with Crippen molar-refractivity contribution < 1.29 is 28.5 Å². The van der Waals surface area contributed by atoms with Gasteiger partial charge in [0.1, 0.15) is 16.2 Å². The van der Waals surface area contributed by atoms with E-state index in [0.717, 1.165) is 0 Å². The molecule has 0 aliphatic rings. The molecule has 0 bridgehead atoms. The van der Waals surface area contributed by atoms with Gasteiger partial charge in [0, 0.05) is 11.1 Å². The van der Waals surface area contributed by atoms with E-state index in [2.05, 4.69) is 4.72 Å². The van der Waals surface area contributed by atoms with E-state index < -0.39 is 35.4 Å². The quantitative estimate of drug-likeness (QED) is 0.529. The first-order valence-corrected chi connectivity index (χ1v) is 7.40. The van der Waals surface area contributed by atoms with E-state index in [1.54, 1.807) is 0 Å². The Hall–Kier alpha value is -0.900. The predicted octanol–water partition coefficient (Wildman–Crippen LogP) is -0.657. The minimum absolute atomic E-state index is 0.00715. The maximum absolute atomic E-state index is 12.2. The van der Waals surface area contributed by atoms with Gasteiger partial charge in [0.25, 0.3) is 0 Å². The zero-order chi connectivity index (χ0) is 15.4. The Kier molecular flexibility index (Phi) is 5.75. The highest BCUT2D eigenvalue weighted by molar-refractivity contribution is 7.89. The fourth-order valence-electron chi connectivity index (χ4n) is 1.45. The third-order valence-electron chi connectivity index (χ3n) is 2.67. The summed E-state index contributed by atoms with van der Waals surface area (Å²) < 4.78 is 31.5. The number of nitrogens with one attached hydrogen (secondary N) is 1. The molecule has 1 aromatic carbocycles. The van der Waals surface area contributed by atoms with Crippen LogP contribution in [0.1, 0.15) is 0 Å². The van der Waals surface area contributed by atoms with Crippen molar-refractivity contribution >= 4 is 21.6 Å². The van der Waals surface area contributed by atoms with Gasteiger partial charge in [-0.15, -0.1) is 0 Å². The minimum Gasteiger partial charge on any atom is -0.495 e. The fraction of sp³-hybridized carbons (Fsp3) is 0.455. The number of rotatable bonds is 7. The molecule has 20 heavy (non-hydrogen) atoms. The third-order valence-corrected chi connectivity index (χ3v) is 4.53. The first-order valence-electron chi connectivity index (χ1n) is 5.54. The maximum Gasteiger partial charge on any atom is 0.245 e. The summed E-state index contributed by atoms with van der Waals surface area (Å²) in [6, 6.07) is 3.90. The lowest BCUT2D eigenvalue weighted by molar-refractivity contribution is 0.0581. The Morgan fingerprint density at radius 3 is 2.25 bits per heavy atom. The highest BCUT2D eigenvalue weighted by Gasteiger charge is 2.35. The van der Waals surface area contributed by atoms with Crippen molar-refractivity contribution in [2.45, 2.75) is 10.4 Å². The summed E-state index contributed by atoms with van der Waals surface area (Å²) in [5.74, 6) is 0.00715. The van der Waals surface area contributed by atoms with Gasteiger partial charge in [-0.05, 0) is 12.1 Å². The van der Waals surface area contributed by atoms with Gasteiger partial charge in [0.2, 0.25) is 10.0 Å². The van der Waals surface area contributed by atoms with E-state index >= 15 is 0 Å². The van der Waals surface area contributed by atoms with Crippen LogP contribution in [-0.2, 0) is 10.0 Å². The van der Waals surface area contributed by atoms with Gasteiger partial charge in [-0.25, -0.2) is 8.42 Å². The van der Waals surface area contributed by atoms with Crippen LogP contribution in [0.5, 0.6) is 5.75 Å². The molecular formula is C11H16ClNO6S. The van der Waals surface area contributed by atoms with Crippen molar-refractivity contribution in [2.24, 2.45) is 0 Å². The highest BCUT2D eigenvalue weighted by atomic mass is 35.5. The molecule has 0 unspecified atom stereocenters. The van der Waals surface area contributed by atoms with Crippen molar-refractivity contribution in [1.29, 1.82) is 0 Å². The second kappa shape index (κ2) is 6.70. The zero-order valence-electron chi connectivity index (χ0n) is 10.7. The summed E-state index contributed by atoms with van der Waals surface area (Å²) in [6.45, 7) is -2.31. The van der Waals surface area contributed by atoms with E-state index in [0.29, 0.717) is 5.02 Å². The molecule has 114 valence electrons. The first kappa shape index (κ1) is 17.2. The summed E-state index contributed by atoms with van der Waals surface area (Å²) in [5, 5.41) is 27.8. The number of sulfonamides is 1. The second-order valence-electron chi connectivity index (χ2n) is 4.16. The molecule has 0 saturated carbocycles. The van der Waals surface area contributed by atoms with Crippen molar-refractivity contribution in [3.8, 4) is 5.75 Å². The number of halogens is 1. The van der Waals surface area contributed by atoms with E-state index in [4.69, 9.17) is 31.7 Å². The van der Waals surface area contributed by atoms with Crippen molar-refractivity contribution in [3.63, 3.8) is 0 Å². The molecule has 1 rings (SSSR count). The molecule has 0 aliphatic heterocycles. The molecule has 0 fully saturated rings. The average molecular weight is 326 g/mol. The van der Waals surface area contributed by atoms with Crippen LogP contribution in [-0.4, -0.2) is 56.2 Å². The van der Waals surface area contributed by atoms with Gasteiger partial charge in [-0.3, -0.25) is 0 Å². The number of aliphatic hydroxyl groups is 3. The van der Waals surface area contributed by atoms with Crippen LogP contribution in [0.15, 0.2) is 23.1 Å². The molecule has 0 spiro atoms. The molecule has 4 N–H and O–H groups in total. The number of methoxy groups -OCH3 is 1. The van der Waals surface area contributed by atoms with E-state index in [1.807, 2.05) is 0 Å². The Balaban J connectivity index is 3.24. The Morgan fingerprint density at radius 1 is 1.25 bits per heavy atom. The summed E-state index contributed by atoms with van der Waals surface area (Å²) in [7, 11) is -2.85. The lowest BCUT2D eigenvalue weighted by Crippen LogP contribution is -2.56. The fourth-order valence-corrected chi connectivity index (χ4v) is 3.14. The lowest BCUT2D eigenvalue weighted by Gasteiger charge is -2.28. The third kappa shape index (κ3) is 3.60. The van der Waals surface area contributed by atoms with Gasteiger partial charge in [-0.1, -0.05) is 11.6 Å². The van der Waals surface area contributed by atoms with Gasteiger partial charge in [0.05, 0.1) is 26.9 Å². The summed E-state index contributed by atoms with van der Waals surface area (Å²) in [5.41, 5.74) is -1.76. The van der Waals surface area contributed by atoms with Crippen LogP contribution >= 0.6 is 11.6 Å². The molecule has 0 atom stereocenters. The van der Waals surface area contributed by atoms with Crippen LogP contribution < -0.4 is 9.46 Å². The standard InChI is InChI=1S/C11H16ClNO6S/c1-19-9-4-8(12)2-3-10(9)20(17,18)13-11(5-14,6-15)7-16/h2-4,13-16H,5-7H2,1H3. The van der Waals surface area contributed by atoms with Crippen LogP contribution in [0.25, 0.3) is 0 Å². The Morgan fingerprint density at radius 2 is 1.80 bits per heavy atom. The zero-order valence-corrected chi connectivity index (χ0v) is 12.3. The van der Waals surface area contributed by atoms with E-state index in [-0.39, 0.29) is 10.6 Å². The molecule has 0 heterocycles. The Bertz CT molecular complexity index is 550. The van der Waals surface area contributed by atoms with Gasteiger partial charge in [0.15, 0.2) is 0 Å². The number of ether oxygens (including phenoxy) is 1. The molecule has 0 saturated heterocycles. The number of hydrogen-bond acceptors (Lipinski definition) is 6. The van der Waals surface area contributed by atoms with Crippen LogP contribution in [0.3, 0.4) is 0 Å². The highest BCUT2D eigenvalue weighted by Crippen LogP contribution is 2.27. The largest absolute Gasteiger partial charge is 0.495 e. The van der Waals surface area contributed by atoms with Gasteiger partial charge in [-0.2, -0.15) is 4.72 Å². The molecule has 7 nitrogen and oxygen atoms in total.